The van der Waals surface area contributed by atoms with Gasteiger partial charge in [-0.05, 0) is 47.2 Å². The smallest absolute Gasteiger partial charge is 0.259 e. The molecule has 10 nitrogen and oxygen atoms in total. The van der Waals surface area contributed by atoms with Gasteiger partial charge in [-0.1, -0.05) is 34.1 Å². The van der Waals surface area contributed by atoms with Gasteiger partial charge in [0.15, 0.2) is 0 Å². The summed E-state index contributed by atoms with van der Waals surface area (Å²) in [5.74, 6) is -0.435. The Morgan fingerprint density at radius 1 is 1.03 bits per heavy atom. The SMILES string of the molecule is COc1ccccc1NC(=O)c1cc2cc(Br)ccc2cc1O[C@@H]1O[C@@H](CO)[C@H](O)[C@@H](O)[C@H]1NC(C)=O. The zero-order valence-electron chi connectivity index (χ0n) is 20.1. The summed E-state index contributed by atoms with van der Waals surface area (Å²) in [5.41, 5.74) is 0.585. The summed E-state index contributed by atoms with van der Waals surface area (Å²) in [5, 5.41) is 37.4. The lowest BCUT2D eigenvalue weighted by atomic mass is 9.96. The Hall–Kier alpha value is -3.22. The molecule has 2 amide bonds. The van der Waals surface area contributed by atoms with Crippen LogP contribution in [0.4, 0.5) is 5.69 Å². The fourth-order valence-electron chi connectivity index (χ4n) is 4.16. The number of halogens is 1. The summed E-state index contributed by atoms with van der Waals surface area (Å²) in [6.07, 6.45) is -5.47. The molecule has 0 spiro atoms. The monoisotopic (exact) mass is 574 g/mol. The van der Waals surface area contributed by atoms with Crippen molar-refractivity contribution >= 4 is 44.2 Å². The van der Waals surface area contributed by atoms with Crippen molar-refractivity contribution in [3.8, 4) is 11.5 Å². The number of amides is 2. The fourth-order valence-corrected chi connectivity index (χ4v) is 4.54. The Labute approximate surface area is 221 Å². The number of nitrogens with one attached hydrogen (secondary N) is 2. The Morgan fingerprint density at radius 3 is 2.49 bits per heavy atom. The second-order valence-corrected chi connectivity index (χ2v) is 9.46. The highest BCUT2D eigenvalue weighted by atomic mass is 79.9. The van der Waals surface area contributed by atoms with Crippen molar-refractivity contribution < 1.29 is 39.1 Å². The van der Waals surface area contributed by atoms with Crippen LogP contribution >= 0.6 is 15.9 Å². The van der Waals surface area contributed by atoms with Crippen LogP contribution < -0.4 is 20.1 Å². The van der Waals surface area contributed by atoms with E-state index >= 15 is 0 Å². The molecule has 196 valence electrons. The average molecular weight is 575 g/mol. The van der Waals surface area contributed by atoms with Gasteiger partial charge >= 0.3 is 0 Å². The van der Waals surface area contributed by atoms with Gasteiger partial charge in [-0.3, -0.25) is 9.59 Å². The van der Waals surface area contributed by atoms with Crippen LogP contribution in [0.15, 0.2) is 59.1 Å². The van der Waals surface area contributed by atoms with Gasteiger partial charge in [-0.25, -0.2) is 0 Å². The number of fused-ring (bicyclic) bond motifs is 1. The van der Waals surface area contributed by atoms with E-state index in [1.54, 1.807) is 36.4 Å². The minimum absolute atomic E-state index is 0.0999. The number of methoxy groups -OCH3 is 1. The molecule has 1 fully saturated rings. The molecule has 0 aliphatic carbocycles. The first-order chi connectivity index (χ1) is 17.7. The normalized spacial score (nSPS) is 23.4. The van der Waals surface area contributed by atoms with Crippen LogP contribution in [0.1, 0.15) is 17.3 Å². The molecule has 0 radical (unpaired) electrons. The lowest BCUT2D eigenvalue weighted by Crippen LogP contribution is -2.65. The molecule has 0 bridgehead atoms. The highest BCUT2D eigenvalue weighted by Crippen LogP contribution is 2.33. The highest BCUT2D eigenvalue weighted by Gasteiger charge is 2.46. The highest BCUT2D eigenvalue weighted by molar-refractivity contribution is 9.10. The predicted octanol–water partition coefficient (Wildman–Crippen LogP) is 2.19. The molecular formula is C26H27BrN2O8. The van der Waals surface area contributed by atoms with Crippen molar-refractivity contribution in [3.05, 3.63) is 64.6 Å². The summed E-state index contributed by atoms with van der Waals surface area (Å²) in [7, 11) is 1.49. The van der Waals surface area contributed by atoms with Crippen LogP contribution in [0, 0.1) is 0 Å². The van der Waals surface area contributed by atoms with Gasteiger partial charge in [-0.2, -0.15) is 0 Å². The van der Waals surface area contributed by atoms with Gasteiger partial charge in [0, 0.05) is 11.4 Å². The molecule has 0 saturated carbocycles. The van der Waals surface area contributed by atoms with Crippen molar-refractivity contribution in [2.45, 2.75) is 37.6 Å². The van der Waals surface area contributed by atoms with Crippen LogP contribution in [-0.4, -0.2) is 71.5 Å². The number of anilines is 1. The zero-order valence-corrected chi connectivity index (χ0v) is 21.6. The molecule has 37 heavy (non-hydrogen) atoms. The Balaban J connectivity index is 1.75. The molecule has 5 N–H and O–H groups in total. The van der Waals surface area contributed by atoms with E-state index in [1.807, 2.05) is 18.2 Å². The van der Waals surface area contributed by atoms with Crippen LogP contribution in [0.5, 0.6) is 11.5 Å². The summed E-state index contributed by atoms with van der Waals surface area (Å²) < 4.78 is 17.9. The van der Waals surface area contributed by atoms with Crippen molar-refractivity contribution in [1.82, 2.24) is 5.32 Å². The van der Waals surface area contributed by atoms with Crippen molar-refractivity contribution in [2.24, 2.45) is 0 Å². The first-order valence-electron chi connectivity index (χ1n) is 11.5. The van der Waals surface area contributed by atoms with E-state index in [0.29, 0.717) is 11.4 Å². The van der Waals surface area contributed by atoms with E-state index in [4.69, 9.17) is 14.2 Å². The van der Waals surface area contributed by atoms with E-state index in [0.717, 1.165) is 15.2 Å². The third-order valence-corrected chi connectivity index (χ3v) is 6.49. The quantitative estimate of drug-likeness (QED) is 0.288. The largest absolute Gasteiger partial charge is 0.495 e. The summed E-state index contributed by atoms with van der Waals surface area (Å²) in [6, 6.07) is 14.5. The maximum Gasteiger partial charge on any atom is 0.259 e. The number of ether oxygens (including phenoxy) is 3. The van der Waals surface area contributed by atoms with E-state index in [9.17, 15) is 24.9 Å². The predicted molar refractivity (Wildman–Crippen MR) is 139 cm³/mol. The minimum Gasteiger partial charge on any atom is -0.495 e. The maximum absolute atomic E-state index is 13.5. The number of hydrogen-bond donors (Lipinski definition) is 5. The van der Waals surface area contributed by atoms with E-state index < -0.39 is 49.1 Å². The Morgan fingerprint density at radius 2 is 1.78 bits per heavy atom. The molecule has 3 aromatic rings. The molecule has 3 aromatic carbocycles. The van der Waals surface area contributed by atoms with Crippen molar-refractivity contribution in [3.63, 3.8) is 0 Å². The molecule has 5 atom stereocenters. The number of para-hydroxylation sites is 2. The minimum atomic E-state index is -1.50. The Bertz CT molecular complexity index is 1300. The number of carbonyl (C=O) groups is 2. The molecule has 0 aromatic heterocycles. The third-order valence-electron chi connectivity index (χ3n) is 5.99. The molecule has 4 rings (SSSR count). The molecular weight excluding hydrogens is 548 g/mol. The van der Waals surface area contributed by atoms with Gasteiger partial charge in [-0.15, -0.1) is 0 Å². The number of aliphatic hydroxyl groups excluding tert-OH is 3. The maximum atomic E-state index is 13.5. The first-order valence-corrected chi connectivity index (χ1v) is 12.2. The van der Waals surface area contributed by atoms with Crippen LogP contribution in [-0.2, 0) is 9.53 Å². The summed E-state index contributed by atoms with van der Waals surface area (Å²) >= 11 is 3.44. The standard InChI is InChI=1S/C26H27BrN2O8/c1-13(31)28-22-24(33)23(32)21(12-30)37-26(22)36-20-11-14-7-8-16(27)9-15(14)10-17(20)25(34)29-18-5-3-4-6-19(18)35-2/h3-11,21-24,26,30,32-33H,12H2,1-2H3,(H,28,31)(H,29,34)/t21-,22+,23-,24-,26+/m0/s1. The zero-order chi connectivity index (χ0) is 26.7. The first kappa shape index (κ1) is 26.8. The molecule has 1 saturated heterocycles. The van der Waals surface area contributed by atoms with E-state index in [-0.39, 0.29) is 11.3 Å². The lowest BCUT2D eigenvalue weighted by molar-refractivity contribution is -0.244. The van der Waals surface area contributed by atoms with Gasteiger partial charge in [0.25, 0.3) is 5.91 Å². The van der Waals surface area contributed by atoms with Gasteiger partial charge in [0.1, 0.15) is 35.9 Å². The van der Waals surface area contributed by atoms with Crippen molar-refractivity contribution in [1.29, 1.82) is 0 Å². The van der Waals surface area contributed by atoms with Crippen LogP contribution in [0.2, 0.25) is 0 Å². The van der Waals surface area contributed by atoms with E-state index in [1.165, 1.54) is 14.0 Å². The number of aliphatic hydroxyl groups is 3. The lowest BCUT2D eigenvalue weighted by Gasteiger charge is -2.42. The third kappa shape index (κ3) is 5.86. The molecule has 11 heteroatoms. The average Bonchev–Trinajstić information content (AvgIpc) is 2.88. The number of hydrogen-bond acceptors (Lipinski definition) is 8. The van der Waals surface area contributed by atoms with Gasteiger partial charge in [0.05, 0.1) is 25.0 Å². The summed E-state index contributed by atoms with van der Waals surface area (Å²) in [4.78, 5) is 25.3. The topological polar surface area (TPSA) is 147 Å². The van der Waals surface area contributed by atoms with Gasteiger partial charge < -0.3 is 40.2 Å². The van der Waals surface area contributed by atoms with Crippen LogP contribution in [0.3, 0.4) is 0 Å². The molecule has 1 aliphatic heterocycles. The second-order valence-electron chi connectivity index (χ2n) is 8.55. The molecule has 1 heterocycles. The van der Waals surface area contributed by atoms with Crippen LogP contribution in [0.25, 0.3) is 10.8 Å². The molecule has 1 aliphatic rings. The number of benzene rings is 3. The van der Waals surface area contributed by atoms with Crippen molar-refractivity contribution in [2.75, 3.05) is 19.0 Å². The van der Waals surface area contributed by atoms with E-state index in [2.05, 4.69) is 26.6 Å². The summed E-state index contributed by atoms with van der Waals surface area (Å²) in [6.45, 7) is 0.645. The Kier molecular flexibility index (Phi) is 8.30. The van der Waals surface area contributed by atoms with Gasteiger partial charge in [0.2, 0.25) is 12.2 Å². The molecule has 0 unspecified atom stereocenters. The number of carbonyl (C=O) groups excluding carboxylic acids is 2. The fraction of sp³-hybridized carbons (Fsp3) is 0.308. The second kappa shape index (κ2) is 11.4. The number of rotatable bonds is 7.